The molecule has 0 fully saturated rings. The average molecular weight is 257 g/mol. The lowest BCUT2D eigenvalue weighted by atomic mass is 10.4. The number of carbonyl (C=O) groups is 1. The van der Waals surface area contributed by atoms with Gasteiger partial charge in [-0.2, -0.15) is 0 Å². The molecular weight excluding hydrogens is 238 g/mol. The van der Waals surface area contributed by atoms with Crippen molar-refractivity contribution in [2.24, 2.45) is 0 Å². The van der Waals surface area contributed by atoms with Gasteiger partial charge >= 0.3 is 0 Å². The number of rotatable bonds is 7. The summed E-state index contributed by atoms with van der Waals surface area (Å²) in [6.45, 7) is 4.16. The third-order valence-electron chi connectivity index (χ3n) is 2.25. The van der Waals surface area contributed by atoms with E-state index < -0.39 is 0 Å². The SMILES string of the molecule is COCCNCC(=O)N(C)Cc1csc(C)n1. The van der Waals surface area contributed by atoms with Crippen LogP contribution in [0.3, 0.4) is 0 Å². The van der Waals surface area contributed by atoms with Gasteiger partial charge in [0.05, 0.1) is 30.4 Å². The number of amides is 1. The lowest BCUT2D eigenvalue weighted by molar-refractivity contribution is -0.129. The van der Waals surface area contributed by atoms with E-state index in [4.69, 9.17) is 4.74 Å². The smallest absolute Gasteiger partial charge is 0.236 e. The maximum absolute atomic E-state index is 11.7. The Labute approximate surface area is 106 Å². The van der Waals surface area contributed by atoms with Crippen LogP contribution in [0, 0.1) is 6.92 Å². The Kier molecular flexibility index (Phi) is 6.10. The molecule has 0 aliphatic carbocycles. The van der Waals surface area contributed by atoms with Crippen LogP contribution in [0.1, 0.15) is 10.7 Å². The maximum Gasteiger partial charge on any atom is 0.236 e. The summed E-state index contributed by atoms with van der Waals surface area (Å²) < 4.78 is 4.89. The number of hydrogen-bond acceptors (Lipinski definition) is 5. The normalized spacial score (nSPS) is 10.5. The minimum absolute atomic E-state index is 0.0618. The highest BCUT2D eigenvalue weighted by molar-refractivity contribution is 7.09. The van der Waals surface area contributed by atoms with Gasteiger partial charge in [-0.3, -0.25) is 4.79 Å². The van der Waals surface area contributed by atoms with Crippen LogP contribution < -0.4 is 5.32 Å². The first-order valence-corrected chi connectivity index (χ1v) is 6.36. The fraction of sp³-hybridized carbons (Fsp3) is 0.636. The molecule has 0 saturated heterocycles. The molecule has 0 bridgehead atoms. The van der Waals surface area contributed by atoms with Crippen LogP contribution in [0.25, 0.3) is 0 Å². The number of nitrogens with one attached hydrogen (secondary N) is 1. The summed E-state index contributed by atoms with van der Waals surface area (Å²) in [6.07, 6.45) is 0. The second kappa shape index (κ2) is 7.37. The first-order valence-electron chi connectivity index (χ1n) is 5.48. The highest BCUT2D eigenvalue weighted by Gasteiger charge is 2.09. The number of carbonyl (C=O) groups excluding carboxylic acids is 1. The molecule has 0 unspecified atom stereocenters. The van der Waals surface area contributed by atoms with Gasteiger partial charge < -0.3 is 15.0 Å². The molecule has 1 amide bonds. The molecule has 96 valence electrons. The second-order valence-electron chi connectivity index (χ2n) is 3.78. The molecule has 1 N–H and O–H groups in total. The number of aromatic nitrogens is 1. The van der Waals surface area contributed by atoms with E-state index in [1.54, 1.807) is 30.4 Å². The lowest BCUT2D eigenvalue weighted by Crippen LogP contribution is -2.36. The van der Waals surface area contributed by atoms with Gasteiger partial charge in [0.25, 0.3) is 0 Å². The number of aryl methyl sites for hydroxylation is 1. The summed E-state index contributed by atoms with van der Waals surface area (Å²) in [7, 11) is 3.43. The number of ether oxygens (including phenoxy) is 1. The Balaban J connectivity index is 2.27. The predicted octanol–water partition coefficient (Wildman–Crippen LogP) is 0.646. The van der Waals surface area contributed by atoms with Crippen LogP contribution >= 0.6 is 11.3 Å². The van der Waals surface area contributed by atoms with E-state index in [-0.39, 0.29) is 5.91 Å². The highest BCUT2D eigenvalue weighted by Crippen LogP contribution is 2.09. The molecule has 0 aromatic carbocycles. The number of likely N-dealkylation sites (N-methyl/N-ethyl adjacent to an activating group) is 1. The number of nitrogens with zero attached hydrogens (tertiary/aromatic N) is 2. The largest absolute Gasteiger partial charge is 0.383 e. The fourth-order valence-corrected chi connectivity index (χ4v) is 1.92. The summed E-state index contributed by atoms with van der Waals surface area (Å²) in [6, 6.07) is 0. The molecule has 1 heterocycles. The van der Waals surface area contributed by atoms with Crippen LogP contribution in [-0.4, -0.2) is 49.6 Å². The van der Waals surface area contributed by atoms with Crippen molar-refractivity contribution in [1.29, 1.82) is 0 Å². The predicted molar refractivity (Wildman–Crippen MR) is 68.1 cm³/mol. The van der Waals surface area contributed by atoms with Crippen molar-refractivity contribution >= 4 is 17.2 Å². The van der Waals surface area contributed by atoms with Gasteiger partial charge in [-0.05, 0) is 6.92 Å². The molecule has 6 heteroatoms. The summed E-state index contributed by atoms with van der Waals surface area (Å²) in [4.78, 5) is 17.7. The molecule has 1 aromatic heterocycles. The summed E-state index contributed by atoms with van der Waals surface area (Å²) in [5, 5.41) is 6.03. The van der Waals surface area contributed by atoms with Gasteiger partial charge in [0, 0.05) is 26.1 Å². The highest BCUT2D eigenvalue weighted by atomic mass is 32.1. The van der Waals surface area contributed by atoms with E-state index in [9.17, 15) is 4.79 Å². The van der Waals surface area contributed by atoms with Crippen molar-refractivity contribution in [3.63, 3.8) is 0 Å². The van der Waals surface area contributed by atoms with Crippen molar-refractivity contribution < 1.29 is 9.53 Å². The molecule has 17 heavy (non-hydrogen) atoms. The van der Waals surface area contributed by atoms with Gasteiger partial charge in [-0.25, -0.2) is 4.98 Å². The van der Waals surface area contributed by atoms with E-state index in [0.717, 1.165) is 10.7 Å². The van der Waals surface area contributed by atoms with E-state index in [2.05, 4.69) is 10.3 Å². The third-order valence-corrected chi connectivity index (χ3v) is 3.07. The Hall–Kier alpha value is -0.980. The molecule has 0 radical (unpaired) electrons. The Morgan fingerprint density at radius 2 is 2.41 bits per heavy atom. The van der Waals surface area contributed by atoms with E-state index >= 15 is 0 Å². The zero-order valence-electron chi connectivity index (χ0n) is 10.5. The Bertz CT molecular complexity index is 354. The average Bonchev–Trinajstić information content (AvgIpc) is 2.70. The van der Waals surface area contributed by atoms with Crippen molar-refractivity contribution in [3.05, 3.63) is 16.1 Å². The zero-order chi connectivity index (χ0) is 12.7. The minimum atomic E-state index is 0.0618. The molecule has 5 nitrogen and oxygen atoms in total. The molecule has 0 saturated carbocycles. The van der Waals surface area contributed by atoms with Crippen LogP contribution in [0.5, 0.6) is 0 Å². The molecule has 0 atom stereocenters. The van der Waals surface area contributed by atoms with E-state index in [1.165, 1.54) is 0 Å². The zero-order valence-corrected chi connectivity index (χ0v) is 11.3. The monoisotopic (exact) mass is 257 g/mol. The topological polar surface area (TPSA) is 54.5 Å². The number of methoxy groups -OCH3 is 1. The van der Waals surface area contributed by atoms with Gasteiger partial charge in [0.15, 0.2) is 0 Å². The van der Waals surface area contributed by atoms with Crippen molar-refractivity contribution in [3.8, 4) is 0 Å². The number of hydrogen-bond donors (Lipinski definition) is 1. The minimum Gasteiger partial charge on any atom is -0.383 e. The summed E-state index contributed by atoms with van der Waals surface area (Å²) in [5.41, 5.74) is 0.945. The van der Waals surface area contributed by atoms with Gasteiger partial charge in [0.1, 0.15) is 0 Å². The third kappa shape index (κ3) is 5.25. The molecule has 1 aromatic rings. The van der Waals surface area contributed by atoms with Crippen LogP contribution in [-0.2, 0) is 16.1 Å². The maximum atomic E-state index is 11.7. The summed E-state index contributed by atoms with van der Waals surface area (Å²) in [5.74, 6) is 0.0618. The van der Waals surface area contributed by atoms with Gasteiger partial charge in [-0.15, -0.1) is 11.3 Å². The number of thiazole rings is 1. The quantitative estimate of drug-likeness (QED) is 0.729. The van der Waals surface area contributed by atoms with Crippen molar-refractivity contribution in [1.82, 2.24) is 15.2 Å². The molecule has 0 aliphatic heterocycles. The standard InChI is InChI=1S/C11H19N3O2S/c1-9-13-10(8-17-9)7-14(2)11(15)6-12-4-5-16-3/h8,12H,4-7H2,1-3H3. The van der Waals surface area contributed by atoms with Crippen molar-refractivity contribution in [2.45, 2.75) is 13.5 Å². The first kappa shape index (κ1) is 14.1. The van der Waals surface area contributed by atoms with Crippen LogP contribution in [0.15, 0.2) is 5.38 Å². The fourth-order valence-electron chi connectivity index (χ4n) is 1.32. The Morgan fingerprint density at radius 1 is 1.65 bits per heavy atom. The second-order valence-corrected chi connectivity index (χ2v) is 4.84. The molecular formula is C11H19N3O2S. The Morgan fingerprint density at radius 3 is 3.00 bits per heavy atom. The molecule has 0 aliphatic rings. The van der Waals surface area contributed by atoms with E-state index in [0.29, 0.717) is 26.2 Å². The van der Waals surface area contributed by atoms with E-state index in [1.807, 2.05) is 12.3 Å². The lowest BCUT2D eigenvalue weighted by Gasteiger charge is -2.16. The van der Waals surface area contributed by atoms with Gasteiger partial charge in [-0.1, -0.05) is 0 Å². The van der Waals surface area contributed by atoms with Crippen LogP contribution in [0.2, 0.25) is 0 Å². The first-order chi connectivity index (χ1) is 8.13. The van der Waals surface area contributed by atoms with Gasteiger partial charge in [0.2, 0.25) is 5.91 Å². The van der Waals surface area contributed by atoms with Crippen molar-refractivity contribution in [2.75, 3.05) is 33.9 Å². The molecule has 1 rings (SSSR count). The van der Waals surface area contributed by atoms with Crippen LogP contribution in [0.4, 0.5) is 0 Å². The summed E-state index contributed by atoms with van der Waals surface area (Å²) >= 11 is 1.60. The molecule has 0 spiro atoms.